The Morgan fingerprint density at radius 1 is 1.33 bits per heavy atom. The van der Waals surface area contributed by atoms with Gasteiger partial charge in [-0.1, -0.05) is 25.0 Å². The summed E-state index contributed by atoms with van der Waals surface area (Å²) in [6, 6.07) is 8.38. The molecule has 1 saturated carbocycles. The lowest BCUT2D eigenvalue weighted by Crippen LogP contribution is -2.10. The summed E-state index contributed by atoms with van der Waals surface area (Å²) in [5.41, 5.74) is 6.78. The lowest BCUT2D eigenvalue weighted by atomic mass is 10.1. The standard InChI is InChI=1S/C13H19NO/c14-8-9-15-13-3-1-2-12(10-13)7-6-11-4-5-11/h1-3,10-11H,4-9,14H2. The Morgan fingerprint density at radius 2 is 2.20 bits per heavy atom. The summed E-state index contributed by atoms with van der Waals surface area (Å²) >= 11 is 0. The maximum absolute atomic E-state index is 5.49. The van der Waals surface area contributed by atoms with Crippen LogP contribution in [0.5, 0.6) is 5.75 Å². The third-order valence-electron chi connectivity index (χ3n) is 2.82. The van der Waals surface area contributed by atoms with Crippen molar-refractivity contribution in [3.05, 3.63) is 29.8 Å². The molecule has 1 fully saturated rings. The number of ether oxygens (including phenoxy) is 1. The van der Waals surface area contributed by atoms with Crippen molar-refractivity contribution in [2.24, 2.45) is 11.7 Å². The Bertz CT molecular complexity index is 307. The monoisotopic (exact) mass is 205 g/mol. The molecule has 2 rings (SSSR count). The summed E-state index contributed by atoms with van der Waals surface area (Å²) in [7, 11) is 0. The van der Waals surface area contributed by atoms with E-state index in [-0.39, 0.29) is 0 Å². The van der Waals surface area contributed by atoms with E-state index < -0.39 is 0 Å². The molecule has 2 N–H and O–H groups in total. The number of nitrogens with two attached hydrogens (primary N) is 1. The number of hydrogen-bond acceptors (Lipinski definition) is 2. The molecule has 1 aliphatic carbocycles. The minimum Gasteiger partial charge on any atom is -0.492 e. The summed E-state index contributed by atoms with van der Waals surface area (Å²) in [4.78, 5) is 0. The number of benzene rings is 1. The van der Waals surface area contributed by atoms with Crippen LogP contribution >= 0.6 is 0 Å². The van der Waals surface area contributed by atoms with E-state index in [9.17, 15) is 0 Å². The Labute approximate surface area is 91.4 Å². The normalized spacial score (nSPS) is 15.3. The van der Waals surface area contributed by atoms with Crippen LogP contribution in [0.4, 0.5) is 0 Å². The van der Waals surface area contributed by atoms with E-state index in [1.165, 1.54) is 31.2 Å². The molecular formula is C13H19NO. The van der Waals surface area contributed by atoms with E-state index in [0.29, 0.717) is 13.2 Å². The second-order valence-corrected chi connectivity index (χ2v) is 4.27. The van der Waals surface area contributed by atoms with Gasteiger partial charge >= 0.3 is 0 Å². The minimum atomic E-state index is 0.576. The topological polar surface area (TPSA) is 35.2 Å². The lowest BCUT2D eigenvalue weighted by Gasteiger charge is -2.06. The third kappa shape index (κ3) is 3.56. The second-order valence-electron chi connectivity index (χ2n) is 4.27. The maximum atomic E-state index is 5.49. The summed E-state index contributed by atoms with van der Waals surface area (Å²) in [5.74, 6) is 1.95. The van der Waals surface area contributed by atoms with Crippen LogP contribution in [0.2, 0.25) is 0 Å². The maximum Gasteiger partial charge on any atom is 0.119 e. The van der Waals surface area contributed by atoms with Gasteiger partial charge in [0.2, 0.25) is 0 Å². The van der Waals surface area contributed by atoms with Crippen molar-refractivity contribution >= 4 is 0 Å². The van der Waals surface area contributed by atoms with Gasteiger partial charge < -0.3 is 10.5 Å². The molecule has 15 heavy (non-hydrogen) atoms. The smallest absolute Gasteiger partial charge is 0.119 e. The minimum absolute atomic E-state index is 0.576. The molecule has 0 unspecified atom stereocenters. The fourth-order valence-electron chi connectivity index (χ4n) is 1.74. The van der Waals surface area contributed by atoms with Crippen molar-refractivity contribution in [1.29, 1.82) is 0 Å². The van der Waals surface area contributed by atoms with E-state index in [4.69, 9.17) is 10.5 Å². The van der Waals surface area contributed by atoms with Crippen LogP contribution in [0.15, 0.2) is 24.3 Å². The highest BCUT2D eigenvalue weighted by Crippen LogP contribution is 2.33. The Hall–Kier alpha value is -1.02. The second kappa shape index (κ2) is 5.17. The summed E-state index contributed by atoms with van der Waals surface area (Å²) in [6.07, 6.45) is 5.39. The van der Waals surface area contributed by atoms with Crippen molar-refractivity contribution < 1.29 is 4.74 Å². The fraction of sp³-hybridized carbons (Fsp3) is 0.538. The summed E-state index contributed by atoms with van der Waals surface area (Å²) in [5, 5.41) is 0. The first kappa shape index (κ1) is 10.5. The van der Waals surface area contributed by atoms with Crippen LogP contribution in [-0.4, -0.2) is 13.2 Å². The zero-order valence-corrected chi connectivity index (χ0v) is 9.11. The van der Waals surface area contributed by atoms with Gasteiger partial charge in [0.1, 0.15) is 12.4 Å². The van der Waals surface area contributed by atoms with Crippen LogP contribution in [0.25, 0.3) is 0 Å². The first-order valence-electron chi connectivity index (χ1n) is 5.80. The van der Waals surface area contributed by atoms with Crippen molar-refractivity contribution in [3.8, 4) is 5.75 Å². The number of aryl methyl sites for hydroxylation is 1. The van der Waals surface area contributed by atoms with E-state index in [1.807, 2.05) is 6.07 Å². The average Bonchev–Trinajstić information content (AvgIpc) is 3.08. The molecule has 0 radical (unpaired) electrons. The molecule has 0 saturated heterocycles. The number of hydrogen-bond donors (Lipinski definition) is 1. The van der Waals surface area contributed by atoms with Gasteiger partial charge in [-0.05, 0) is 36.5 Å². The van der Waals surface area contributed by atoms with E-state index in [2.05, 4.69) is 18.2 Å². The summed E-state index contributed by atoms with van der Waals surface area (Å²) in [6.45, 7) is 1.18. The van der Waals surface area contributed by atoms with Gasteiger partial charge in [-0.25, -0.2) is 0 Å². The third-order valence-corrected chi connectivity index (χ3v) is 2.82. The zero-order valence-electron chi connectivity index (χ0n) is 9.11. The first-order valence-corrected chi connectivity index (χ1v) is 5.80. The van der Waals surface area contributed by atoms with Gasteiger partial charge in [0, 0.05) is 6.54 Å². The molecule has 2 nitrogen and oxygen atoms in total. The molecule has 0 spiro atoms. The van der Waals surface area contributed by atoms with Gasteiger partial charge in [0.15, 0.2) is 0 Å². The van der Waals surface area contributed by atoms with Crippen LogP contribution in [0.3, 0.4) is 0 Å². The molecule has 1 aliphatic rings. The predicted octanol–water partition coefficient (Wildman–Crippen LogP) is 2.37. The van der Waals surface area contributed by atoms with Gasteiger partial charge in [-0.15, -0.1) is 0 Å². The molecule has 1 aromatic carbocycles. The zero-order chi connectivity index (χ0) is 10.5. The van der Waals surface area contributed by atoms with E-state index >= 15 is 0 Å². The molecule has 2 heteroatoms. The largest absolute Gasteiger partial charge is 0.492 e. The van der Waals surface area contributed by atoms with Crippen molar-refractivity contribution in [1.82, 2.24) is 0 Å². The van der Waals surface area contributed by atoms with Crippen LogP contribution in [0, 0.1) is 5.92 Å². The molecule has 0 heterocycles. The van der Waals surface area contributed by atoms with Gasteiger partial charge in [0.05, 0.1) is 0 Å². The van der Waals surface area contributed by atoms with Crippen molar-refractivity contribution in [3.63, 3.8) is 0 Å². The Kier molecular flexibility index (Phi) is 3.62. The average molecular weight is 205 g/mol. The van der Waals surface area contributed by atoms with Gasteiger partial charge in [-0.3, -0.25) is 0 Å². The number of rotatable bonds is 6. The van der Waals surface area contributed by atoms with Crippen molar-refractivity contribution in [2.45, 2.75) is 25.7 Å². The molecular weight excluding hydrogens is 186 g/mol. The summed E-state index contributed by atoms with van der Waals surface area (Å²) < 4.78 is 5.49. The fourth-order valence-corrected chi connectivity index (χ4v) is 1.74. The lowest BCUT2D eigenvalue weighted by molar-refractivity contribution is 0.328. The molecule has 0 aromatic heterocycles. The first-order chi connectivity index (χ1) is 7.38. The highest BCUT2D eigenvalue weighted by atomic mass is 16.5. The Morgan fingerprint density at radius 3 is 2.93 bits per heavy atom. The SMILES string of the molecule is NCCOc1cccc(CCC2CC2)c1. The highest BCUT2D eigenvalue weighted by molar-refractivity contribution is 5.28. The molecule has 82 valence electrons. The van der Waals surface area contributed by atoms with Gasteiger partial charge in [0.25, 0.3) is 0 Å². The van der Waals surface area contributed by atoms with Crippen molar-refractivity contribution in [2.75, 3.05) is 13.2 Å². The quantitative estimate of drug-likeness (QED) is 0.773. The molecule has 0 aliphatic heterocycles. The molecule has 0 atom stereocenters. The molecule has 1 aromatic rings. The predicted molar refractivity (Wildman–Crippen MR) is 62.0 cm³/mol. The molecule has 0 bridgehead atoms. The Balaban J connectivity index is 1.85. The highest BCUT2D eigenvalue weighted by Gasteiger charge is 2.20. The molecule has 0 amide bonds. The van der Waals surface area contributed by atoms with Gasteiger partial charge in [-0.2, -0.15) is 0 Å². The van der Waals surface area contributed by atoms with E-state index in [1.54, 1.807) is 0 Å². The van der Waals surface area contributed by atoms with E-state index in [0.717, 1.165) is 11.7 Å². The van der Waals surface area contributed by atoms with Crippen LogP contribution in [-0.2, 0) is 6.42 Å². The van der Waals surface area contributed by atoms with Crippen LogP contribution < -0.4 is 10.5 Å². The van der Waals surface area contributed by atoms with Crippen LogP contribution in [0.1, 0.15) is 24.8 Å².